The first-order chi connectivity index (χ1) is 11.6. The molecule has 24 heavy (non-hydrogen) atoms. The molecule has 0 radical (unpaired) electrons. The number of nitrogens with one attached hydrogen (secondary N) is 1. The number of benzene rings is 1. The molecule has 2 heterocycles. The van der Waals surface area contributed by atoms with E-state index in [1.54, 1.807) is 4.31 Å². The van der Waals surface area contributed by atoms with Crippen LogP contribution in [0.4, 0.5) is 0 Å². The van der Waals surface area contributed by atoms with Gasteiger partial charge in [0, 0.05) is 13.1 Å². The van der Waals surface area contributed by atoms with Gasteiger partial charge in [-0.05, 0) is 49.3 Å². The van der Waals surface area contributed by atoms with E-state index >= 15 is 0 Å². The predicted molar refractivity (Wildman–Crippen MR) is 90.4 cm³/mol. The zero-order valence-electron chi connectivity index (χ0n) is 13.7. The molecule has 6 nitrogen and oxygen atoms in total. The molecular formula is C17H24N2O4S. The molecule has 1 atom stereocenters. The number of piperidine rings is 1. The third-order valence-electron chi connectivity index (χ3n) is 4.95. The van der Waals surface area contributed by atoms with Crippen LogP contribution in [-0.4, -0.2) is 39.0 Å². The number of fused-ring (bicyclic) bond motifs is 1. The fraction of sp³-hybridized carbons (Fsp3) is 0.647. The monoisotopic (exact) mass is 352 g/mol. The Bertz CT molecular complexity index is 697. The summed E-state index contributed by atoms with van der Waals surface area (Å²) >= 11 is 0. The van der Waals surface area contributed by atoms with Gasteiger partial charge in [-0.1, -0.05) is 12.5 Å². The molecule has 1 saturated heterocycles. The molecule has 0 unspecified atom stereocenters. The molecule has 132 valence electrons. The molecule has 7 heteroatoms. The third kappa shape index (κ3) is 3.38. The highest BCUT2D eigenvalue weighted by Crippen LogP contribution is 2.43. The van der Waals surface area contributed by atoms with Crippen LogP contribution < -0.4 is 14.2 Å². The van der Waals surface area contributed by atoms with E-state index in [4.69, 9.17) is 9.47 Å². The largest absolute Gasteiger partial charge is 0.486 e. The van der Waals surface area contributed by atoms with Crippen LogP contribution in [0.2, 0.25) is 0 Å². The van der Waals surface area contributed by atoms with Gasteiger partial charge >= 0.3 is 0 Å². The van der Waals surface area contributed by atoms with Crippen molar-refractivity contribution in [1.82, 2.24) is 9.03 Å². The second kappa shape index (κ2) is 6.54. The van der Waals surface area contributed by atoms with Crippen LogP contribution in [0.3, 0.4) is 0 Å². The number of nitrogens with zero attached hydrogens (tertiary/aromatic N) is 1. The van der Waals surface area contributed by atoms with Gasteiger partial charge in [0.2, 0.25) is 0 Å². The zero-order valence-corrected chi connectivity index (χ0v) is 14.6. The Morgan fingerprint density at radius 1 is 1.04 bits per heavy atom. The first-order valence-electron chi connectivity index (χ1n) is 8.80. The summed E-state index contributed by atoms with van der Waals surface area (Å²) in [7, 11) is -3.45. The molecule has 1 N–H and O–H groups in total. The highest BCUT2D eigenvalue weighted by molar-refractivity contribution is 7.87. The number of hydrogen-bond donors (Lipinski definition) is 1. The van der Waals surface area contributed by atoms with Gasteiger partial charge in [0.25, 0.3) is 10.2 Å². The van der Waals surface area contributed by atoms with Gasteiger partial charge in [-0.15, -0.1) is 0 Å². The van der Waals surface area contributed by atoms with Crippen LogP contribution in [0.5, 0.6) is 11.5 Å². The standard InChI is InChI=1S/C17H24N2O4S/c20-24(21,19-8-2-1-3-9-19)18-17(13-4-5-13)14-6-7-15-16(12-14)23-11-10-22-15/h6-7,12-13,17-18H,1-5,8-11H2/t17-/m0/s1. The molecule has 0 amide bonds. The topological polar surface area (TPSA) is 67.9 Å². The summed E-state index contributed by atoms with van der Waals surface area (Å²) in [5.41, 5.74) is 0.960. The van der Waals surface area contributed by atoms with E-state index < -0.39 is 10.2 Å². The van der Waals surface area contributed by atoms with Crippen molar-refractivity contribution in [3.8, 4) is 11.5 Å². The van der Waals surface area contributed by atoms with Crippen molar-refractivity contribution in [2.24, 2.45) is 5.92 Å². The Hall–Kier alpha value is -1.31. The van der Waals surface area contributed by atoms with Gasteiger partial charge in [0.15, 0.2) is 11.5 Å². The van der Waals surface area contributed by atoms with Crippen LogP contribution in [0.25, 0.3) is 0 Å². The molecule has 4 rings (SSSR count). The minimum absolute atomic E-state index is 0.187. The first-order valence-corrected chi connectivity index (χ1v) is 10.2. The summed E-state index contributed by atoms with van der Waals surface area (Å²) in [5.74, 6) is 1.81. The summed E-state index contributed by atoms with van der Waals surface area (Å²) < 4.78 is 41.2. The van der Waals surface area contributed by atoms with E-state index in [9.17, 15) is 8.42 Å². The van der Waals surface area contributed by atoms with Crippen LogP contribution in [0.15, 0.2) is 18.2 Å². The average molecular weight is 352 g/mol. The summed E-state index contributed by atoms with van der Waals surface area (Å²) in [6.07, 6.45) is 5.11. The highest BCUT2D eigenvalue weighted by Gasteiger charge is 2.37. The predicted octanol–water partition coefficient (Wildman–Crippen LogP) is 2.23. The quantitative estimate of drug-likeness (QED) is 0.882. The fourth-order valence-electron chi connectivity index (χ4n) is 3.46. The van der Waals surface area contributed by atoms with E-state index in [0.29, 0.717) is 38.0 Å². The molecule has 2 aliphatic heterocycles. The maximum absolute atomic E-state index is 12.7. The molecular weight excluding hydrogens is 328 g/mol. The normalized spacial score (nSPS) is 23.0. The third-order valence-corrected chi connectivity index (χ3v) is 6.55. The Labute approximate surface area is 143 Å². The minimum atomic E-state index is -3.45. The molecule has 0 spiro atoms. The van der Waals surface area contributed by atoms with Crippen molar-refractivity contribution in [2.75, 3.05) is 26.3 Å². The number of ether oxygens (including phenoxy) is 2. The Kier molecular flexibility index (Phi) is 4.40. The van der Waals surface area contributed by atoms with E-state index in [2.05, 4.69) is 4.72 Å². The first kappa shape index (κ1) is 16.2. The van der Waals surface area contributed by atoms with Gasteiger partial charge in [0.1, 0.15) is 13.2 Å². The van der Waals surface area contributed by atoms with Crippen molar-refractivity contribution >= 4 is 10.2 Å². The lowest BCUT2D eigenvalue weighted by atomic mass is 10.0. The van der Waals surface area contributed by atoms with E-state index in [1.807, 2.05) is 18.2 Å². The maximum Gasteiger partial charge on any atom is 0.280 e. The van der Waals surface area contributed by atoms with Gasteiger partial charge in [0.05, 0.1) is 6.04 Å². The van der Waals surface area contributed by atoms with Crippen molar-refractivity contribution in [3.63, 3.8) is 0 Å². The lowest BCUT2D eigenvalue weighted by Gasteiger charge is -2.29. The SMILES string of the molecule is O=S(=O)(N[C@H](c1ccc2c(c1)OCCO2)C1CC1)N1CCCCC1. The maximum atomic E-state index is 12.7. The van der Waals surface area contributed by atoms with E-state index in [0.717, 1.165) is 43.4 Å². The second-order valence-electron chi connectivity index (χ2n) is 6.80. The molecule has 3 aliphatic rings. The molecule has 1 saturated carbocycles. The van der Waals surface area contributed by atoms with Gasteiger partial charge in [-0.2, -0.15) is 17.4 Å². The van der Waals surface area contributed by atoms with Crippen molar-refractivity contribution in [3.05, 3.63) is 23.8 Å². The van der Waals surface area contributed by atoms with Gasteiger partial charge < -0.3 is 9.47 Å². The Morgan fingerprint density at radius 2 is 1.75 bits per heavy atom. The van der Waals surface area contributed by atoms with Gasteiger partial charge in [-0.25, -0.2) is 0 Å². The summed E-state index contributed by atoms with van der Waals surface area (Å²) in [5, 5.41) is 0. The smallest absolute Gasteiger partial charge is 0.280 e. The zero-order chi connectivity index (χ0) is 16.6. The van der Waals surface area contributed by atoms with Crippen LogP contribution in [0, 0.1) is 5.92 Å². The van der Waals surface area contributed by atoms with Crippen LogP contribution in [0.1, 0.15) is 43.7 Å². The molecule has 0 aromatic heterocycles. The number of hydrogen-bond acceptors (Lipinski definition) is 4. The molecule has 1 aromatic carbocycles. The van der Waals surface area contributed by atoms with Crippen molar-refractivity contribution in [1.29, 1.82) is 0 Å². The molecule has 1 aliphatic carbocycles. The molecule has 0 bridgehead atoms. The molecule has 1 aromatic rings. The summed E-state index contributed by atoms with van der Waals surface area (Å²) in [4.78, 5) is 0. The fourth-order valence-corrected chi connectivity index (χ4v) is 5.00. The van der Waals surface area contributed by atoms with E-state index in [1.165, 1.54) is 0 Å². The minimum Gasteiger partial charge on any atom is -0.486 e. The average Bonchev–Trinajstić information content (AvgIpc) is 3.45. The lowest BCUT2D eigenvalue weighted by Crippen LogP contribution is -2.45. The van der Waals surface area contributed by atoms with Crippen LogP contribution >= 0.6 is 0 Å². The van der Waals surface area contributed by atoms with Gasteiger partial charge in [-0.3, -0.25) is 0 Å². The lowest BCUT2D eigenvalue weighted by molar-refractivity contribution is 0.171. The summed E-state index contributed by atoms with van der Waals surface area (Å²) in [6.45, 7) is 2.33. The van der Waals surface area contributed by atoms with Crippen molar-refractivity contribution < 1.29 is 17.9 Å². The second-order valence-corrected chi connectivity index (χ2v) is 8.50. The Balaban J connectivity index is 1.56. The number of rotatable bonds is 5. The molecule has 2 fully saturated rings. The van der Waals surface area contributed by atoms with E-state index in [-0.39, 0.29) is 6.04 Å². The Morgan fingerprint density at radius 3 is 2.46 bits per heavy atom. The summed E-state index contributed by atoms with van der Waals surface area (Å²) in [6, 6.07) is 5.58. The van der Waals surface area contributed by atoms with Crippen LogP contribution in [-0.2, 0) is 10.2 Å². The van der Waals surface area contributed by atoms with Crippen molar-refractivity contribution in [2.45, 2.75) is 38.1 Å². The highest BCUT2D eigenvalue weighted by atomic mass is 32.2.